The summed E-state index contributed by atoms with van der Waals surface area (Å²) in [6.45, 7) is 6.82. The van der Waals surface area contributed by atoms with Crippen molar-refractivity contribution in [2.75, 3.05) is 0 Å². The maximum Gasteiger partial charge on any atom is 0.333 e. The molecule has 1 N–H and O–H groups in total. The molecule has 6 heteroatoms. The number of rotatable bonds is 5. The Hall–Kier alpha value is -3.28. The van der Waals surface area contributed by atoms with Gasteiger partial charge in [-0.1, -0.05) is 30.8 Å². The summed E-state index contributed by atoms with van der Waals surface area (Å²) in [6.07, 6.45) is 0.672. The Morgan fingerprint density at radius 2 is 1.54 bits per heavy atom. The molecule has 0 aliphatic carbocycles. The summed E-state index contributed by atoms with van der Waals surface area (Å²) in [6, 6.07) is 15.3. The third-order valence-electron chi connectivity index (χ3n) is 4.66. The molecule has 4 rings (SSSR count). The zero-order chi connectivity index (χ0) is 18.3. The third kappa shape index (κ3) is 2.50. The van der Waals surface area contributed by atoms with Crippen molar-refractivity contribution in [2.24, 2.45) is 0 Å². The van der Waals surface area contributed by atoms with E-state index in [0.717, 1.165) is 22.1 Å². The third-order valence-corrected chi connectivity index (χ3v) is 4.66. The first kappa shape index (κ1) is 16.2. The van der Waals surface area contributed by atoms with E-state index in [1.165, 1.54) is 0 Å². The van der Waals surface area contributed by atoms with Gasteiger partial charge in [0.15, 0.2) is 0 Å². The molecule has 0 saturated carbocycles. The van der Waals surface area contributed by atoms with Crippen molar-refractivity contribution in [3.8, 4) is 0 Å². The van der Waals surface area contributed by atoms with Gasteiger partial charge in [0.25, 0.3) is 0 Å². The van der Waals surface area contributed by atoms with Crippen molar-refractivity contribution in [1.29, 1.82) is 0 Å². The van der Waals surface area contributed by atoms with Crippen LogP contribution in [-0.4, -0.2) is 18.7 Å². The molecular weight excluding hydrogens is 328 g/mol. The molecule has 0 aliphatic rings. The summed E-state index contributed by atoms with van der Waals surface area (Å²) in [5.41, 5.74) is 3.93. The molecule has 26 heavy (non-hydrogen) atoms. The van der Waals surface area contributed by atoms with Crippen LogP contribution < -0.4 is 11.4 Å². The molecule has 2 aromatic heterocycles. The Kier molecular flexibility index (Phi) is 3.88. The number of nitrogens with zero attached hydrogens (tertiary/aromatic N) is 3. The number of imidazole rings is 2. The molecule has 2 aromatic carbocycles. The number of H-pyrrole nitrogens is 1. The number of hydrogen-bond acceptors (Lipinski definition) is 2. The minimum Gasteiger partial charge on any atom is -0.306 e. The van der Waals surface area contributed by atoms with Crippen molar-refractivity contribution < 1.29 is 0 Å². The van der Waals surface area contributed by atoms with Crippen molar-refractivity contribution >= 4 is 27.8 Å². The van der Waals surface area contributed by atoms with Crippen LogP contribution in [0.25, 0.3) is 27.8 Å². The Bertz CT molecular complexity index is 1240. The van der Waals surface area contributed by atoms with Crippen LogP contribution in [-0.2, 0) is 13.1 Å². The lowest BCUT2D eigenvalue weighted by molar-refractivity contribution is 0.559. The second-order valence-electron chi connectivity index (χ2n) is 6.45. The van der Waals surface area contributed by atoms with E-state index >= 15 is 0 Å². The molecule has 0 atom stereocenters. The van der Waals surface area contributed by atoms with Gasteiger partial charge in [0.05, 0.1) is 22.1 Å². The first-order chi connectivity index (χ1) is 12.6. The fourth-order valence-electron chi connectivity index (χ4n) is 3.51. The lowest BCUT2D eigenvalue weighted by Crippen LogP contribution is -2.24. The Balaban J connectivity index is 1.66. The van der Waals surface area contributed by atoms with Crippen LogP contribution in [0, 0.1) is 0 Å². The smallest absolute Gasteiger partial charge is 0.306 e. The second-order valence-corrected chi connectivity index (χ2v) is 6.45. The number of fused-ring (bicyclic) bond motifs is 2. The van der Waals surface area contributed by atoms with Crippen molar-refractivity contribution in [2.45, 2.75) is 26.4 Å². The van der Waals surface area contributed by atoms with Crippen LogP contribution in [0.2, 0.25) is 0 Å². The predicted octanol–water partition coefficient (Wildman–Crippen LogP) is 3.03. The van der Waals surface area contributed by atoms with Crippen LogP contribution >= 0.6 is 0 Å². The summed E-state index contributed by atoms with van der Waals surface area (Å²) in [4.78, 5) is 27.8. The van der Waals surface area contributed by atoms with Crippen LogP contribution in [0.3, 0.4) is 0 Å². The van der Waals surface area contributed by atoms with Crippen molar-refractivity contribution in [3.63, 3.8) is 0 Å². The van der Waals surface area contributed by atoms with E-state index in [1.54, 1.807) is 13.7 Å². The van der Waals surface area contributed by atoms with Crippen molar-refractivity contribution in [1.82, 2.24) is 18.7 Å². The normalized spacial score (nSPS) is 11.4. The van der Waals surface area contributed by atoms with Gasteiger partial charge in [0.2, 0.25) is 0 Å². The summed E-state index contributed by atoms with van der Waals surface area (Å²) < 4.78 is 5.11. The van der Waals surface area contributed by atoms with E-state index in [0.29, 0.717) is 25.2 Å². The monoisotopic (exact) mass is 348 g/mol. The van der Waals surface area contributed by atoms with Gasteiger partial charge in [-0.25, -0.2) is 9.59 Å². The van der Waals surface area contributed by atoms with E-state index in [2.05, 4.69) is 11.6 Å². The highest BCUT2D eigenvalue weighted by atomic mass is 16.2. The molecule has 0 bridgehead atoms. The fourth-order valence-corrected chi connectivity index (χ4v) is 3.51. The highest BCUT2D eigenvalue weighted by Gasteiger charge is 2.13. The minimum absolute atomic E-state index is 0.0926. The Labute approximate surface area is 149 Å². The van der Waals surface area contributed by atoms with Gasteiger partial charge in [-0.05, 0) is 37.6 Å². The number of allylic oxidation sites excluding steroid dienone is 1. The summed E-state index contributed by atoms with van der Waals surface area (Å²) in [5, 5.41) is 0. The largest absolute Gasteiger partial charge is 0.333 e. The van der Waals surface area contributed by atoms with Crippen LogP contribution in [0.15, 0.2) is 64.7 Å². The molecule has 0 amide bonds. The maximum atomic E-state index is 12.8. The molecule has 0 unspecified atom stereocenters. The molecule has 0 saturated heterocycles. The predicted molar refractivity (Wildman–Crippen MR) is 104 cm³/mol. The standard InChI is InChI=1S/C20H20N4O2/c1-14(2)24-18-11-6-5-10-17(18)23(20(24)26)13-7-12-22-16-9-4-3-8-15(16)21-19(22)25/h3-6,8-11H,1,7,12-13H2,2H3,(H,21,25). The molecular formula is C20H20N4O2. The van der Waals surface area contributed by atoms with Gasteiger partial charge in [-0.2, -0.15) is 0 Å². The van der Waals surface area contributed by atoms with E-state index in [1.807, 2.05) is 55.5 Å². The van der Waals surface area contributed by atoms with Crippen LogP contribution in [0.1, 0.15) is 13.3 Å². The number of aromatic amines is 1. The van der Waals surface area contributed by atoms with Gasteiger partial charge < -0.3 is 4.98 Å². The van der Waals surface area contributed by atoms with Crippen LogP contribution in [0.4, 0.5) is 0 Å². The summed E-state index contributed by atoms with van der Waals surface area (Å²) in [5.74, 6) is 0. The van der Waals surface area contributed by atoms with Gasteiger partial charge in [0.1, 0.15) is 0 Å². The molecule has 2 heterocycles. The zero-order valence-electron chi connectivity index (χ0n) is 14.6. The van der Waals surface area contributed by atoms with E-state index in [4.69, 9.17) is 0 Å². The average Bonchev–Trinajstić information content (AvgIpc) is 3.09. The average molecular weight is 348 g/mol. The number of para-hydroxylation sites is 4. The first-order valence-electron chi connectivity index (χ1n) is 8.61. The number of hydrogen-bond donors (Lipinski definition) is 1. The van der Waals surface area contributed by atoms with Crippen molar-refractivity contribution in [3.05, 3.63) is 76.1 Å². The Morgan fingerprint density at radius 3 is 2.27 bits per heavy atom. The number of aryl methyl sites for hydroxylation is 2. The minimum atomic E-state index is -0.122. The van der Waals surface area contributed by atoms with E-state index < -0.39 is 0 Å². The summed E-state index contributed by atoms with van der Waals surface area (Å²) >= 11 is 0. The second kappa shape index (κ2) is 6.22. The number of aromatic nitrogens is 4. The van der Waals surface area contributed by atoms with Gasteiger partial charge in [-0.3, -0.25) is 13.7 Å². The van der Waals surface area contributed by atoms with E-state index in [-0.39, 0.29) is 11.4 Å². The molecule has 0 fully saturated rings. The highest BCUT2D eigenvalue weighted by molar-refractivity contribution is 5.79. The van der Waals surface area contributed by atoms with Gasteiger partial charge >= 0.3 is 11.4 Å². The fraction of sp³-hybridized carbons (Fsp3) is 0.200. The molecule has 4 aromatic rings. The lowest BCUT2D eigenvalue weighted by atomic mass is 10.3. The SMILES string of the molecule is C=C(C)n1c(=O)n(CCCn2c(=O)[nH]c3ccccc32)c2ccccc21. The quantitative estimate of drug-likeness (QED) is 0.602. The molecule has 132 valence electrons. The number of benzene rings is 2. The molecule has 6 nitrogen and oxygen atoms in total. The van der Waals surface area contributed by atoms with Gasteiger partial charge in [0, 0.05) is 18.8 Å². The lowest BCUT2D eigenvalue weighted by Gasteiger charge is -2.05. The Morgan fingerprint density at radius 1 is 0.923 bits per heavy atom. The molecule has 0 aliphatic heterocycles. The molecule has 0 spiro atoms. The van der Waals surface area contributed by atoms with Crippen LogP contribution in [0.5, 0.6) is 0 Å². The van der Waals surface area contributed by atoms with E-state index in [9.17, 15) is 9.59 Å². The maximum absolute atomic E-state index is 12.8. The number of nitrogens with one attached hydrogen (secondary N) is 1. The highest BCUT2D eigenvalue weighted by Crippen LogP contribution is 2.16. The summed E-state index contributed by atoms with van der Waals surface area (Å²) in [7, 11) is 0. The zero-order valence-corrected chi connectivity index (χ0v) is 14.6. The topological polar surface area (TPSA) is 64.7 Å². The first-order valence-corrected chi connectivity index (χ1v) is 8.61. The molecule has 0 radical (unpaired) electrons. The van der Waals surface area contributed by atoms with Gasteiger partial charge in [-0.15, -0.1) is 0 Å².